The van der Waals surface area contributed by atoms with Gasteiger partial charge in [-0.05, 0) is 48.1 Å². The largest absolute Gasteiger partial charge is 0.396 e. The van der Waals surface area contributed by atoms with Crippen molar-refractivity contribution in [1.29, 1.82) is 0 Å². The third-order valence-corrected chi connectivity index (χ3v) is 5.79. The molecular weight excluding hydrogens is 366 g/mol. The lowest BCUT2D eigenvalue weighted by molar-refractivity contribution is 0.0499. The molecular formula is C21H26F2N2OS. The minimum Gasteiger partial charge on any atom is -0.396 e. The summed E-state index contributed by atoms with van der Waals surface area (Å²) in [6.07, 6.45) is 2.75. The number of nitrogens with zero attached hydrogens (tertiary/aromatic N) is 2. The summed E-state index contributed by atoms with van der Waals surface area (Å²) >= 11 is 1.74. The maximum Gasteiger partial charge on any atom is 0.159 e. The van der Waals surface area contributed by atoms with Crippen LogP contribution in [0.5, 0.6) is 0 Å². The molecule has 2 aromatic carbocycles. The lowest BCUT2D eigenvalue weighted by Gasteiger charge is -2.41. The first-order chi connectivity index (χ1) is 13.1. The van der Waals surface area contributed by atoms with E-state index in [0.717, 1.165) is 31.7 Å². The van der Waals surface area contributed by atoms with Gasteiger partial charge in [-0.2, -0.15) is 0 Å². The molecule has 1 saturated heterocycles. The van der Waals surface area contributed by atoms with Crippen LogP contribution >= 0.6 is 11.8 Å². The van der Waals surface area contributed by atoms with Gasteiger partial charge in [0.1, 0.15) is 0 Å². The molecule has 146 valence electrons. The Bertz CT molecular complexity index is 759. The normalized spacial score (nSPS) is 18.7. The van der Waals surface area contributed by atoms with Gasteiger partial charge in [0.2, 0.25) is 0 Å². The van der Waals surface area contributed by atoms with E-state index in [4.69, 9.17) is 0 Å². The van der Waals surface area contributed by atoms with Crippen LogP contribution in [0.1, 0.15) is 17.5 Å². The molecule has 1 atom stereocenters. The van der Waals surface area contributed by atoms with Gasteiger partial charge in [-0.1, -0.05) is 18.2 Å². The molecule has 3 rings (SSSR count). The number of hydrogen-bond acceptors (Lipinski definition) is 4. The second-order valence-electron chi connectivity index (χ2n) is 6.97. The number of rotatable bonds is 7. The molecule has 1 aliphatic heterocycles. The fourth-order valence-corrected chi connectivity index (χ4v) is 4.12. The summed E-state index contributed by atoms with van der Waals surface area (Å²) < 4.78 is 26.7. The summed E-state index contributed by atoms with van der Waals surface area (Å²) in [6.45, 7) is 4.18. The second kappa shape index (κ2) is 9.64. The predicted molar refractivity (Wildman–Crippen MR) is 106 cm³/mol. The summed E-state index contributed by atoms with van der Waals surface area (Å²) in [5.74, 6) is -1.62. The molecule has 0 bridgehead atoms. The average molecular weight is 393 g/mol. The molecule has 6 heteroatoms. The van der Waals surface area contributed by atoms with Crippen molar-refractivity contribution in [1.82, 2.24) is 9.80 Å². The zero-order valence-corrected chi connectivity index (χ0v) is 16.4. The summed E-state index contributed by atoms with van der Waals surface area (Å²) in [6, 6.07) is 12.9. The van der Waals surface area contributed by atoms with Crippen molar-refractivity contribution < 1.29 is 13.9 Å². The topological polar surface area (TPSA) is 26.7 Å². The van der Waals surface area contributed by atoms with Gasteiger partial charge in [0, 0.05) is 50.3 Å². The highest BCUT2D eigenvalue weighted by atomic mass is 32.2. The van der Waals surface area contributed by atoms with Crippen molar-refractivity contribution in [3.63, 3.8) is 0 Å². The predicted octanol–water partition coefficient (Wildman–Crippen LogP) is 3.76. The van der Waals surface area contributed by atoms with Crippen molar-refractivity contribution in [3.8, 4) is 0 Å². The van der Waals surface area contributed by atoms with Crippen molar-refractivity contribution in [2.45, 2.75) is 30.4 Å². The van der Waals surface area contributed by atoms with Gasteiger partial charge in [-0.15, -0.1) is 11.8 Å². The van der Waals surface area contributed by atoms with E-state index < -0.39 is 11.6 Å². The summed E-state index contributed by atoms with van der Waals surface area (Å²) in [5.41, 5.74) is 2.05. The van der Waals surface area contributed by atoms with E-state index in [2.05, 4.69) is 40.3 Å². The van der Waals surface area contributed by atoms with Crippen LogP contribution in [0, 0.1) is 11.6 Å². The molecule has 3 nitrogen and oxygen atoms in total. The van der Waals surface area contributed by atoms with Crippen molar-refractivity contribution in [2.24, 2.45) is 0 Å². The number of aliphatic hydroxyl groups excluding tert-OH is 1. The third kappa shape index (κ3) is 5.51. The van der Waals surface area contributed by atoms with Crippen LogP contribution in [0.3, 0.4) is 0 Å². The van der Waals surface area contributed by atoms with E-state index in [-0.39, 0.29) is 12.6 Å². The molecule has 0 saturated carbocycles. The molecule has 1 N–H and O–H groups in total. The maximum atomic E-state index is 13.5. The molecule has 27 heavy (non-hydrogen) atoms. The van der Waals surface area contributed by atoms with E-state index >= 15 is 0 Å². The second-order valence-corrected chi connectivity index (χ2v) is 7.85. The average Bonchev–Trinajstić information content (AvgIpc) is 2.67. The Balaban J connectivity index is 1.64. The number of aliphatic hydroxyl groups is 1. The molecule has 0 unspecified atom stereocenters. The first kappa shape index (κ1) is 20.3. The Morgan fingerprint density at radius 2 is 1.85 bits per heavy atom. The van der Waals surface area contributed by atoms with Crippen molar-refractivity contribution in [3.05, 3.63) is 65.2 Å². The molecule has 1 aliphatic rings. The lowest BCUT2D eigenvalue weighted by atomic mass is 10.1. The molecule has 0 amide bonds. The van der Waals surface area contributed by atoms with E-state index in [9.17, 15) is 13.9 Å². The van der Waals surface area contributed by atoms with Crippen LogP contribution < -0.4 is 0 Å². The Morgan fingerprint density at radius 1 is 1.04 bits per heavy atom. The Hall–Kier alpha value is -1.47. The quantitative estimate of drug-likeness (QED) is 0.726. The van der Waals surface area contributed by atoms with Gasteiger partial charge >= 0.3 is 0 Å². The fraction of sp³-hybridized carbons (Fsp3) is 0.429. The highest BCUT2D eigenvalue weighted by Gasteiger charge is 2.26. The molecule has 1 heterocycles. The van der Waals surface area contributed by atoms with Crippen molar-refractivity contribution >= 4 is 11.8 Å². The van der Waals surface area contributed by atoms with Gasteiger partial charge in [-0.3, -0.25) is 9.80 Å². The molecule has 2 aromatic rings. The summed E-state index contributed by atoms with van der Waals surface area (Å²) in [7, 11) is 0. The zero-order valence-electron chi connectivity index (χ0n) is 15.6. The Morgan fingerprint density at radius 3 is 2.59 bits per heavy atom. The monoisotopic (exact) mass is 392 g/mol. The highest BCUT2D eigenvalue weighted by molar-refractivity contribution is 7.98. The smallest absolute Gasteiger partial charge is 0.159 e. The van der Waals surface area contributed by atoms with E-state index in [1.165, 1.54) is 22.6 Å². The van der Waals surface area contributed by atoms with Gasteiger partial charge in [-0.25, -0.2) is 8.78 Å². The molecule has 1 fully saturated rings. The highest BCUT2D eigenvalue weighted by Crippen LogP contribution is 2.21. The van der Waals surface area contributed by atoms with Crippen LogP contribution in [-0.2, 0) is 13.1 Å². The first-order valence-corrected chi connectivity index (χ1v) is 10.5. The number of halogens is 2. The van der Waals surface area contributed by atoms with Crippen LogP contribution in [0.15, 0.2) is 47.4 Å². The Kier molecular flexibility index (Phi) is 7.24. The maximum absolute atomic E-state index is 13.5. The van der Waals surface area contributed by atoms with Crippen molar-refractivity contribution in [2.75, 3.05) is 32.5 Å². The number of piperazine rings is 1. The van der Waals surface area contributed by atoms with Crippen LogP contribution in [0.25, 0.3) is 0 Å². The third-order valence-electron chi connectivity index (χ3n) is 5.06. The number of thioether (sulfide) groups is 1. The number of benzene rings is 2. The molecule has 0 spiro atoms. The fourth-order valence-electron chi connectivity index (χ4n) is 3.63. The SMILES string of the molecule is CSc1cccc(CN2CCN(Cc3ccc(F)c(F)c3)[C@@H](CCO)C2)c1. The Labute approximate surface area is 164 Å². The van der Waals surface area contributed by atoms with E-state index in [0.29, 0.717) is 13.0 Å². The lowest BCUT2D eigenvalue weighted by Crippen LogP contribution is -2.52. The molecule has 0 aliphatic carbocycles. The summed E-state index contributed by atoms with van der Waals surface area (Å²) in [5, 5.41) is 9.47. The minimum atomic E-state index is -0.817. The van der Waals surface area contributed by atoms with Gasteiger partial charge in [0.05, 0.1) is 0 Å². The molecule has 0 aromatic heterocycles. The minimum absolute atomic E-state index is 0.120. The molecule has 0 radical (unpaired) electrons. The van der Waals surface area contributed by atoms with Gasteiger partial charge in [0.15, 0.2) is 11.6 Å². The van der Waals surface area contributed by atoms with E-state index in [1.807, 2.05) is 0 Å². The van der Waals surface area contributed by atoms with Crippen LogP contribution in [-0.4, -0.2) is 53.4 Å². The summed E-state index contributed by atoms with van der Waals surface area (Å²) in [4.78, 5) is 5.93. The van der Waals surface area contributed by atoms with Gasteiger partial charge in [0.25, 0.3) is 0 Å². The van der Waals surface area contributed by atoms with E-state index in [1.54, 1.807) is 17.8 Å². The first-order valence-electron chi connectivity index (χ1n) is 9.23. The zero-order chi connectivity index (χ0) is 19.2. The standard InChI is InChI=1S/C21H26F2N2OS/c1-27-19-4-2-3-16(11-19)13-24-8-9-25(18(15-24)7-10-26)14-17-5-6-20(22)21(23)12-17/h2-6,11-12,18,26H,7-10,13-15H2,1H3/t18-/m0/s1. The van der Waals surface area contributed by atoms with Crippen LogP contribution in [0.4, 0.5) is 8.78 Å². The number of hydrogen-bond donors (Lipinski definition) is 1. The van der Waals surface area contributed by atoms with Crippen LogP contribution in [0.2, 0.25) is 0 Å². The van der Waals surface area contributed by atoms with Gasteiger partial charge < -0.3 is 5.11 Å².